The van der Waals surface area contributed by atoms with Gasteiger partial charge in [-0.3, -0.25) is 4.79 Å². The van der Waals surface area contributed by atoms with Gasteiger partial charge in [-0.15, -0.1) is 0 Å². The van der Waals surface area contributed by atoms with Gasteiger partial charge in [0.15, 0.2) is 0 Å². The van der Waals surface area contributed by atoms with Gasteiger partial charge in [-0.2, -0.15) is 0 Å². The van der Waals surface area contributed by atoms with Crippen LogP contribution in [0.1, 0.15) is 18.4 Å². The molecule has 1 aromatic carbocycles. The largest absolute Gasteiger partial charge is 0.381 e. The SMILES string of the molecule is NCC1(OCC(=O)NCc2ccccc2)CCOCC1. The van der Waals surface area contributed by atoms with Crippen LogP contribution in [-0.2, 0) is 20.8 Å². The first-order valence-electron chi connectivity index (χ1n) is 6.96. The van der Waals surface area contributed by atoms with Crippen LogP contribution < -0.4 is 11.1 Å². The van der Waals surface area contributed by atoms with E-state index >= 15 is 0 Å². The van der Waals surface area contributed by atoms with Crippen molar-refractivity contribution in [3.8, 4) is 0 Å². The molecule has 0 aromatic heterocycles. The van der Waals surface area contributed by atoms with Gasteiger partial charge in [-0.1, -0.05) is 30.3 Å². The van der Waals surface area contributed by atoms with Crippen molar-refractivity contribution >= 4 is 5.91 Å². The van der Waals surface area contributed by atoms with Crippen molar-refractivity contribution in [2.45, 2.75) is 25.0 Å². The Bertz CT molecular complexity index is 416. The lowest BCUT2D eigenvalue weighted by molar-refractivity contribution is -0.141. The van der Waals surface area contributed by atoms with Gasteiger partial charge in [0.05, 0.1) is 5.60 Å². The van der Waals surface area contributed by atoms with Crippen LogP contribution in [0.2, 0.25) is 0 Å². The predicted octanol–water partition coefficient (Wildman–Crippen LogP) is 0.827. The molecule has 1 amide bonds. The average Bonchev–Trinajstić information content (AvgIpc) is 2.53. The van der Waals surface area contributed by atoms with E-state index in [-0.39, 0.29) is 12.5 Å². The molecular formula is C15H22N2O3. The first-order valence-corrected chi connectivity index (χ1v) is 6.96. The van der Waals surface area contributed by atoms with Gasteiger partial charge in [0.2, 0.25) is 5.91 Å². The Morgan fingerprint density at radius 3 is 2.65 bits per heavy atom. The summed E-state index contributed by atoms with van der Waals surface area (Å²) in [6, 6.07) is 9.79. The van der Waals surface area contributed by atoms with Gasteiger partial charge in [0, 0.05) is 39.1 Å². The van der Waals surface area contributed by atoms with Crippen LogP contribution in [0.25, 0.3) is 0 Å². The van der Waals surface area contributed by atoms with E-state index < -0.39 is 5.60 Å². The van der Waals surface area contributed by atoms with Gasteiger partial charge >= 0.3 is 0 Å². The standard InChI is InChI=1S/C15H22N2O3/c16-12-15(6-8-19-9-7-15)20-11-14(18)17-10-13-4-2-1-3-5-13/h1-5H,6-12,16H2,(H,17,18). The van der Waals surface area contributed by atoms with E-state index in [1.807, 2.05) is 30.3 Å². The summed E-state index contributed by atoms with van der Waals surface area (Å²) in [5.74, 6) is -0.117. The number of carbonyl (C=O) groups is 1. The molecular weight excluding hydrogens is 256 g/mol. The minimum atomic E-state index is -0.400. The first-order chi connectivity index (χ1) is 9.74. The molecule has 0 aliphatic carbocycles. The molecule has 0 atom stereocenters. The van der Waals surface area contributed by atoms with Crippen LogP contribution >= 0.6 is 0 Å². The van der Waals surface area contributed by atoms with E-state index in [2.05, 4.69) is 5.32 Å². The van der Waals surface area contributed by atoms with E-state index in [0.29, 0.717) is 26.3 Å². The molecule has 0 saturated carbocycles. The number of rotatable bonds is 6. The molecule has 5 nitrogen and oxygen atoms in total. The van der Waals surface area contributed by atoms with Crippen LogP contribution in [0.4, 0.5) is 0 Å². The molecule has 0 unspecified atom stereocenters. The highest BCUT2D eigenvalue weighted by atomic mass is 16.5. The summed E-state index contributed by atoms with van der Waals surface area (Å²) in [6.45, 7) is 2.26. The van der Waals surface area contributed by atoms with Gasteiger partial charge in [0.25, 0.3) is 0 Å². The second-order valence-corrected chi connectivity index (χ2v) is 5.05. The summed E-state index contributed by atoms with van der Waals surface area (Å²) >= 11 is 0. The molecule has 0 radical (unpaired) electrons. The Hall–Kier alpha value is -1.43. The van der Waals surface area contributed by atoms with Gasteiger partial charge in [-0.05, 0) is 5.56 Å². The van der Waals surface area contributed by atoms with Crippen molar-refractivity contribution in [3.63, 3.8) is 0 Å². The molecule has 110 valence electrons. The molecule has 5 heteroatoms. The summed E-state index contributed by atoms with van der Waals surface area (Å²) in [5.41, 5.74) is 6.45. The topological polar surface area (TPSA) is 73.6 Å². The molecule has 1 saturated heterocycles. The monoisotopic (exact) mass is 278 g/mol. The maximum Gasteiger partial charge on any atom is 0.246 e. The minimum Gasteiger partial charge on any atom is -0.381 e. The second kappa shape index (κ2) is 7.38. The summed E-state index contributed by atoms with van der Waals surface area (Å²) in [4.78, 5) is 11.8. The summed E-state index contributed by atoms with van der Waals surface area (Å²) < 4.78 is 11.1. The van der Waals surface area contributed by atoms with Crippen molar-refractivity contribution in [2.75, 3.05) is 26.4 Å². The zero-order valence-corrected chi connectivity index (χ0v) is 11.6. The van der Waals surface area contributed by atoms with E-state index in [9.17, 15) is 4.79 Å². The maximum absolute atomic E-state index is 11.8. The Kier molecular flexibility index (Phi) is 5.52. The zero-order chi connectivity index (χ0) is 14.3. The van der Waals surface area contributed by atoms with Crippen molar-refractivity contribution in [1.82, 2.24) is 5.32 Å². The smallest absolute Gasteiger partial charge is 0.246 e. The van der Waals surface area contributed by atoms with Crippen molar-refractivity contribution in [3.05, 3.63) is 35.9 Å². The summed E-state index contributed by atoms with van der Waals surface area (Å²) in [6.07, 6.45) is 1.49. The minimum absolute atomic E-state index is 0.0457. The third-order valence-corrected chi connectivity index (χ3v) is 3.62. The average molecular weight is 278 g/mol. The Balaban J connectivity index is 1.74. The fourth-order valence-electron chi connectivity index (χ4n) is 2.22. The van der Waals surface area contributed by atoms with Gasteiger partial charge in [0.1, 0.15) is 6.61 Å². The van der Waals surface area contributed by atoms with Gasteiger partial charge in [-0.25, -0.2) is 0 Å². The first kappa shape index (κ1) is 15.0. The van der Waals surface area contributed by atoms with Crippen LogP contribution in [0.3, 0.4) is 0 Å². The van der Waals surface area contributed by atoms with Crippen molar-refractivity contribution in [1.29, 1.82) is 0 Å². The predicted molar refractivity (Wildman–Crippen MR) is 76.1 cm³/mol. The number of amides is 1. The van der Waals surface area contributed by atoms with Crippen molar-refractivity contribution in [2.24, 2.45) is 5.73 Å². The highest BCUT2D eigenvalue weighted by Crippen LogP contribution is 2.23. The third-order valence-electron chi connectivity index (χ3n) is 3.62. The lowest BCUT2D eigenvalue weighted by Crippen LogP contribution is -2.47. The molecule has 1 aliphatic heterocycles. The van der Waals surface area contributed by atoms with Gasteiger partial charge < -0.3 is 20.5 Å². The van der Waals surface area contributed by atoms with Crippen LogP contribution in [0.15, 0.2) is 30.3 Å². The van der Waals surface area contributed by atoms with Crippen LogP contribution in [0, 0.1) is 0 Å². The van der Waals surface area contributed by atoms with E-state index in [0.717, 1.165) is 18.4 Å². The number of hydrogen-bond donors (Lipinski definition) is 2. The Morgan fingerprint density at radius 2 is 2.00 bits per heavy atom. The van der Waals surface area contributed by atoms with E-state index in [4.69, 9.17) is 15.2 Å². The molecule has 0 bridgehead atoms. The highest BCUT2D eigenvalue weighted by Gasteiger charge is 2.32. The number of nitrogens with two attached hydrogens (primary N) is 1. The van der Waals surface area contributed by atoms with E-state index in [1.165, 1.54) is 0 Å². The van der Waals surface area contributed by atoms with E-state index in [1.54, 1.807) is 0 Å². The number of carbonyl (C=O) groups excluding carboxylic acids is 1. The van der Waals surface area contributed by atoms with Crippen LogP contribution in [-0.4, -0.2) is 37.9 Å². The molecule has 1 aliphatic rings. The maximum atomic E-state index is 11.8. The number of ether oxygens (including phenoxy) is 2. The molecule has 2 rings (SSSR count). The lowest BCUT2D eigenvalue weighted by Gasteiger charge is -2.35. The summed E-state index contributed by atoms with van der Waals surface area (Å²) in [5, 5.41) is 2.84. The molecule has 0 spiro atoms. The summed E-state index contributed by atoms with van der Waals surface area (Å²) in [7, 11) is 0. The highest BCUT2D eigenvalue weighted by molar-refractivity contribution is 5.77. The fourth-order valence-corrected chi connectivity index (χ4v) is 2.22. The Morgan fingerprint density at radius 1 is 1.30 bits per heavy atom. The molecule has 1 aromatic rings. The third kappa shape index (κ3) is 4.30. The molecule has 1 fully saturated rings. The number of benzene rings is 1. The Labute approximate surface area is 119 Å². The molecule has 20 heavy (non-hydrogen) atoms. The normalized spacial score (nSPS) is 17.6. The zero-order valence-electron chi connectivity index (χ0n) is 11.6. The molecule has 3 N–H and O–H groups in total. The second-order valence-electron chi connectivity index (χ2n) is 5.05. The quantitative estimate of drug-likeness (QED) is 0.808. The number of nitrogens with one attached hydrogen (secondary N) is 1. The molecule has 1 heterocycles. The van der Waals surface area contributed by atoms with Crippen LogP contribution in [0.5, 0.6) is 0 Å². The number of hydrogen-bond acceptors (Lipinski definition) is 4. The lowest BCUT2D eigenvalue weighted by atomic mass is 9.94. The fraction of sp³-hybridized carbons (Fsp3) is 0.533. The van der Waals surface area contributed by atoms with Crippen molar-refractivity contribution < 1.29 is 14.3 Å².